The molecule has 0 saturated heterocycles. The number of urea groups is 1. The quantitative estimate of drug-likeness (QED) is 0.752. The molecule has 100 valence electrons. The second-order valence-electron chi connectivity index (χ2n) is 3.84. The number of carbonyl (C=O) groups is 2. The van der Waals surface area contributed by atoms with E-state index in [-0.39, 0.29) is 6.03 Å². The number of amides is 2. The fourth-order valence-corrected chi connectivity index (χ4v) is 2.23. The number of hydrogen-bond donors (Lipinski definition) is 3. The minimum Gasteiger partial charge on any atom is -0.481 e. The van der Waals surface area contributed by atoms with Gasteiger partial charge in [0.25, 0.3) is 0 Å². The highest BCUT2D eigenvalue weighted by Crippen LogP contribution is 2.20. The molecule has 5 nitrogen and oxygen atoms in total. The number of carbonyl (C=O) groups excluding carboxylic acids is 1. The third-order valence-electron chi connectivity index (χ3n) is 2.34. The van der Waals surface area contributed by atoms with E-state index in [4.69, 9.17) is 16.7 Å². The van der Waals surface area contributed by atoms with Crippen LogP contribution in [0.5, 0.6) is 0 Å². The van der Waals surface area contributed by atoms with Crippen LogP contribution in [0.25, 0.3) is 0 Å². The van der Waals surface area contributed by atoms with Gasteiger partial charge >= 0.3 is 12.0 Å². The smallest absolute Gasteiger partial charge is 0.315 e. The van der Waals surface area contributed by atoms with Gasteiger partial charge in [0.05, 0.1) is 16.8 Å². The van der Waals surface area contributed by atoms with Gasteiger partial charge in [-0.1, -0.05) is 18.5 Å². The van der Waals surface area contributed by atoms with Crippen LogP contribution in [-0.4, -0.2) is 23.7 Å². The maximum absolute atomic E-state index is 11.4. The molecule has 3 N–H and O–H groups in total. The number of rotatable bonds is 6. The molecule has 1 heterocycles. The number of aliphatic carboxylic acids is 1. The lowest BCUT2D eigenvalue weighted by Gasteiger charge is -2.08. The van der Waals surface area contributed by atoms with Crippen molar-refractivity contribution in [2.75, 3.05) is 6.54 Å². The monoisotopic (exact) mass is 290 g/mol. The molecule has 0 saturated carbocycles. The zero-order valence-electron chi connectivity index (χ0n) is 9.90. The van der Waals surface area contributed by atoms with Crippen LogP contribution in [0.4, 0.5) is 4.79 Å². The Labute approximate surface area is 114 Å². The lowest BCUT2D eigenvalue weighted by atomic mass is 10.1. The van der Waals surface area contributed by atoms with Gasteiger partial charge in [0, 0.05) is 11.4 Å². The van der Waals surface area contributed by atoms with E-state index < -0.39 is 11.9 Å². The van der Waals surface area contributed by atoms with Crippen LogP contribution in [-0.2, 0) is 11.3 Å². The number of carboxylic acid groups (broad SMARTS) is 1. The van der Waals surface area contributed by atoms with Gasteiger partial charge in [-0.05, 0) is 18.6 Å². The van der Waals surface area contributed by atoms with E-state index in [1.807, 2.05) is 6.07 Å². The summed E-state index contributed by atoms with van der Waals surface area (Å²) in [6.45, 7) is 2.36. The minimum atomic E-state index is -0.856. The van der Waals surface area contributed by atoms with E-state index in [9.17, 15) is 9.59 Å². The van der Waals surface area contributed by atoms with Crippen LogP contribution in [0, 0.1) is 5.92 Å². The standard InChI is InChI=1S/C11H15ClN2O3S/c1-7(10(15)16)4-5-13-11(17)14-6-8-2-3-9(12)18-8/h2-3,7H,4-6H2,1H3,(H,15,16)(H2,13,14,17). The van der Waals surface area contributed by atoms with Gasteiger partial charge < -0.3 is 15.7 Å². The molecule has 0 radical (unpaired) electrons. The van der Waals surface area contributed by atoms with Crippen molar-refractivity contribution in [2.45, 2.75) is 19.9 Å². The molecule has 1 atom stereocenters. The number of halogens is 1. The topological polar surface area (TPSA) is 78.4 Å². The first kappa shape index (κ1) is 14.8. The largest absolute Gasteiger partial charge is 0.481 e. The van der Waals surface area contributed by atoms with Crippen molar-refractivity contribution in [3.63, 3.8) is 0 Å². The minimum absolute atomic E-state index is 0.308. The Morgan fingerprint density at radius 2 is 2.17 bits per heavy atom. The normalized spacial score (nSPS) is 11.9. The van der Waals surface area contributed by atoms with Gasteiger partial charge in [-0.2, -0.15) is 0 Å². The zero-order valence-corrected chi connectivity index (χ0v) is 11.5. The van der Waals surface area contributed by atoms with Gasteiger partial charge in [-0.15, -0.1) is 11.3 Å². The Kier molecular flexibility index (Phi) is 5.94. The third kappa shape index (κ3) is 5.37. The third-order valence-corrected chi connectivity index (χ3v) is 3.57. The molecule has 0 aromatic carbocycles. The van der Waals surface area contributed by atoms with Crippen LogP contribution in [0.2, 0.25) is 4.34 Å². The lowest BCUT2D eigenvalue weighted by molar-refractivity contribution is -0.141. The maximum atomic E-state index is 11.4. The van der Waals surface area contributed by atoms with E-state index in [0.717, 1.165) is 4.88 Å². The first-order valence-electron chi connectivity index (χ1n) is 5.47. The van der Waals surface area contributed by atoms with Crippen LogP contribution in [0.1, 0.15) is 18.2 Å². The van der Waals surface area contributed by atoms with Crippen molar-refractivity contribution in [1.82, 2.24) is 10.6 Å². The second-order valence-corrected chi connectivity index (χ2v) is 5.64. The summed E-state index contributed by atoms with van der Waals surface area (Å²) in [5.41, 5.74) is 0. The summed E-state index contributed by atoms with van der Waals surface area (Å²) in [4.78, 5) is 22.9. The lowest BCUT2D eigenvalue weighted by Crippen LogP contribution is -2.36. The van der Waals surface area contributed by atoms with Crippen molar-refractivity contribution in [1.29, 1.82) is 0 Å². The van der Waals surface area contributed by atoms with E-state index in [0.29, 0.717) is 23.8 Å². The molecule has 1 rings (SSSR count). The molecule has 1 aromatic heterocycles. The van der Waals surface area contributed by atoms with Crippen molar-refractivity contribution in [3.05, 3.63) is 21.3 Å². The summed E-state index contributed by atoms with van der Waals surface area (Å²) in [6, 6.07) is 3.31. The maximum Gasteiger partial charge on any atom is 0.315 e. The van der Waals surface area contributed by atoms with E-state index in [1.165, 1.54) is 11.3 Å². The molecule has 0 aliphatic carbocycles. The van der Waals surface area contributed by atoms with Gasteiger partial charge in [0.1, 0.15) is 0 Å². The van der Waals surface area contributed by atoms with Gasteiger partial charge in [0.2, 0.25) is 0 Å². The summed E-state index contributed by atoms with van der Waals surface area (Å²) in [6.07, 6.45) is 0.410. The fraction of sp³-hybridized carbons (Fsp3) is 0.455. The zero-order chi connectivity index (χ0) is 13.5. The molecular formula is C11H15ClN2O3S. The number of nitrogens with one attached hydrogen (secondary N) is 2. The average molecular weight is 291 g/mol. The molecule has 0 bridgehead atoms. The number of hydrogen-bond acceptors (Lipinski definition) is 3. The molecule has 7 heteroatoms. The summed E-state index contributed by atoms with van der Waals surface area (Å²) in [7, 11) is 0. The highest BCUT2D eigenvalue weighted by atomic mass is 35.5. The Bertz CT molecular complexity index is 422. The van der Waals surface area contributed by atoms with Crippen LogP contribution >= 0.6 is 22.9 Å². The Morgan fingerprint density at radius 3 is 2.72 bits per heavy atom. The molecule has 18 heavy (non-hydrogen) atoms. The predicted octanol–water partition coefficient (Wildman–Crippen LogP) is 2.31. The van der Waals surface area contributed by atoms with Crippen molar-refractivity contribution in [3.8, 4) is 0 Å². The molecule has 1 unspecified atom stereocenters. The number of carboxylic acids is 1. The Balaban J connectivity index is 2.16. The summed E-state index contributed by atoms with van der Waals surface area (Å²) >= 11 is 7.17. The highest BCUT2D eigenvalue weighted by Gasteiger charge is 2.10. The van der Waals surface area contributed by atoms with E-state index >= 15 is 0 Å². The first-order valence-corrected chi connectivity index (χ1v) is 6.67. The molecule has 1 aromatic rings. The first-order chi connectivity index (χ1) is 8.49. The molecule has 0 aliphatic rings. The molecular weight excluding hydrogens is 276 g/mol. The summed E-state index contributed by atoms with van der Waals surface area (Å²) < 4.78 is 0.683. The van der Waals surface area contributed by atoms with E-state index in [1.54, 1.807) is 13.0 Å². The summed E-state index contributed by atoms with van der Waals surface area (Å²) in [5, 5.41) is 13.9. The van der Waals surface area contributed by atoms with E-state index in [2.05, 4.69) is 10.6 Å². The van der Waals surface area contributed by atoms with Crippen molar-refractivity contribution < 1.29 is 14.7 Å². The van der Waals surface area contributed by atoms with Crippen LogP contribution in [0.15, 0.2) is 12.1 Å². The highest BCUT2D eigenvalue weighted by molar-refractivity contribution is 7.16. The van der Waals surface area contributed by atoms with Crippen molar-refractivity contribution >= 4 is 34.9 Å². The molecule has 2 amide bonds. The Hall–Kier alpha value is -1.27. The van der Waals surface area contributed by atoms with Crippen LogP contribution in [0.3, 0.4) is 0 Å². The SMILES string of the molecule is CC(CCNC(=O)NCc1ccc(Cl)s1)C(=O)O. The van der Waals surface area contributed by atoms with Crippen LogP contribution < -0.4 is 10.6 Å². The molecule has 0 aliphatic heterocycles. The van der Waals surface area contributed by atoms with Gasteiger partial charge in [-0.25, -0.2) is 4.79 Å². The van der Waals surface area contributed by atoms with Gasteiger partial charge in [0.15, 0.2) is 0 Å². The molecule has 0 spiro atoms. The Morgan fingerprint density at radius 1 is 1.44 bits per heavy atom. The second kappa shape index (κ2) is 7.23. The summed E-state index contributed by atoms with van der Waals surface area (Å²) in [5.74, 6) is -1.31. The predicted molar refractivity (Wildman–Crippen MR) is 71.0 cm³/mol. The fourth-order valence-electron chi connectivity index (χ4n) is 1.20. The van der Waals surface area contributed by atoms with Gasteiger partial charge in [-0.3, -0.25) is 4.79 Å². The van der Waals surface area contributed by atoms with Crippen molar-refractivity contribution in [2.24, 2.45) is 5.92 Å². The number of thiophene rings is 1. The average Bonchev–Trinajstić information content (AvgIpc) is 2.72. The molecule has 0 fully saturated rings.